The first-order chi connectivity index (χ1) is 13.7. The third-order valence-corrected chi connectivity index (χ3v) is 5.57. The van der Waals surface area contributed by atoms with Crippen LogP contribution in [0, 0.1) is 0 Å². The molecule has 2 aromatic rings. The number of fused-ring (bicyclic) bond motifs is 2. The van der Waals surface area contributed by atoms with Crippen molar-refractivity contribution < 1.29 is 23.8 Å². The highest BCUT2D eigenvalue weighted by atomic mass is 35.5. The third kappa shape index (κ3) is 4.25. The van der Waals surface area contributed by atoms with Crippen molar-refractivity contribution in [3.8, 4) is 11.5 Å². The highest BCUT2D eigenvalue weighted by Gasteiger charge is 2.28. The molecule has 2 aliphatic rings. The maximum absolute atomic E-state index is 12.6. The van der Waals surface area contributed by atoms with Crippen LogP contribution in [-0.2, 0) is 17.7 Å². The van der Waals surface area contributed by atoms with E-state index in [4.69, 9.17) is 25.8 Å². The van der Waals surface area contributed by atoms with Gasteiger partial charge in [-0.15, -0.1) is 0 Å². The summed E-state index contributed by atoms with van der Waals surface area (Å²) in [5.41, 5.74) is 0.687. The molecule has 0 saturated carbocycles. The number of carbonyl (C=O) groups excluding carboxylic acids is 2. The molecule has 0 spiro atoms. The lowest BCUT2D eigenvalue weighted by molar-refractivity contribution is 0.0225. The summed E-state index contributed by atoms with van der Waals surface area (Å²) in [6, 6.07) is 3.11. The molecule has 29 heavy (non-hydrogen) atoms. The van der Waals surface area contributed by atoms with E-state index in [9.17, 15) is 9.59 Å². The van der Waals surface area contributed by atoms with Gasteiger partial charge in [0.15, 0.2) is 16.6 Å². The van der Waals surface area contributed by atoms with Crippen LogP contribution < -0.4 is 14.8 Å². The summed E-state index contributed by atoms with van der Waals surface area (Å²) in [7, 11) is 0. The van der Waals surface area contributed by atoms with Crippen LogP contribution in [0.4, 0.5) is 9.93 Å². The predicted octanol–water partition coefficient (Wildman–Crippen LogP) is 4.07. The van der Waals surface area contributed by atoms with Crippen molar-refractivity contribution in [3.05, 3.63) is 33.3 Å². The molecule has 10 heteroatoms. The molecule has 0 bridgehead atoms. The second-order valence-electron chi connectivity index (χ2n) is 7.69. The van der Waals surface area contributed by atoms with E-state index in [2.05, 4.69) is 10.3 Å². The number of carbonyl (C=O) groups is 2. The van der Waals surface area contributed by atoms with E-state index in [0.29, 0.717) is 46.7 Å². The number of ether oxygens (including phenoxy) is 3. The van der Waals surface area contributed by atoms with Crippen molar-refractivity contribution in [1.29, 1.82) is 0 Å². The summed E-state index contributed by atoms with van der Waals surface area (Å²) >= 11 is 7.49. The van der Waals surface area contributed by atoms with E-state index < -0.39 is 5.60 Å². The van der Waals surface area contributed by atoms with Crippen LogP contribution in [0.1, 0.15) is 41.7 Å². The molecule has 0 atom stereocenters. The number of thiazole rings is 1. The van der Waals surface area contributed by atoms with Gasteiger partial charge in [-0.1, -0.05) is 22.9 Å². The van der Waals surface area contributed by atoms with Gasteiger partial charge in [-0.2, -0.15) is 0 Å². The molecule has 0 unspecified atom stereocenters. The Bertz CT molecular complexity index is 985. The molecule has 3 heterocycles. The monoisotopic (exact) mass is 437 g/mol. The predicted molar refractivity (Wildman–Crippen MR) is 108 cm³/mol. The van der Waals surface area contributed by atoms with Gasteiger partial charge in [0.25, 0.3) is 5.91 Å². The average molecular weight is 438 g/mol. The van der Waals surface area contributed by atoms with E-state index in [0.717, 1.165) is 10.6 Å². The minimum atomic E-state index is -0.546. The van der Waals surface area contributed by atoms with Gasteiger partial charge in [-0.3, -0.25) is 10.1 Å². The highest BCUT2D eigenvalue weighted by molar-refractivity contribution is 7.15. The summed E-state index contributed by atoms with van der Waals surface area (Å²) in [5, 5.41) is 3.58. The molecule has 1 N–H and O–H groups in total. The van der Waals surface area contributed by atoms with Gasteiger partial charge in [0.1, 0.15) is 5.60 Å². The van der Waals surface area contributed by atoms with Crippen molar-refractivity contribution in [2.75, 3.05) is 18.7 Å². The standard InChI is InChI=1S/C19H20ClN3O5S/c1-19(2,3)28-18(25)23-5-4-12-14(8-23)29-17(21-12)22-16(24)10-6-11(20)15-13(7-10)26-9-27-15/h6-7H,4-5,8-9H2,1-3H3,(H,21,22,24). The first kappa shape index (κ1) is 19.8. The molecule has 2 amide bonds. The maximum atomic E-state index is 12.6. The number of aromatic nitrogens is 1. The van der Waals surface area contributed by atoms with Gasteiger partial charge in [-0.05, 0) is 32.9 Å². The lowest BCUT2D eigenvalue weighted by atomic mass is 10.2. The number of halogens is 1. The fraction of sp³-hybridized carbons (Fsp3) is 0.421. The fourth-order valence-corrected chi connectivity index (χ4v) is 4.28. The van der Waals surface area contributed by atoms with E-state index in [1.165, 1.54) is 17.4 Å². The zero-order valence-corrected chi connectivity index (χ0v) is 17.8. The Kier molecular flexibility index (Phi) is 5.04. The van der Waals surface area contributed by atoms with E-state index >= 15 is 0 Å². The summed E-state index contributed by atoms with van der Waals surface area (Å²) in [4.78, 5) is 32.0. The van der Waals surface area contributed by atoms with Gasteiger partial charge in [-0.25, -0.2) is 9.78 Å². The molecule has 0 aliphatic carbocycles. The normalized spacial score (nSPS) is 15.1. The Balaban J connectivity index is 1.45. The van der Waals surface area contributed by atoms with Crippen LogP contribution in [0.5, 0.6) is 11.5 Å². The molecule has 4 rings (SSSR count). The Hall–Kier alpha value is -2.52. The molecule has 2 aliphatic heterocycles. The van der Waals surface area contributed by atoms with Crippen molar-refractivity contribution in [2.24, 2.45) is 0 Å². The minimum Gasteiger partial charge on any atom is -0.454 e. The van der Waals surface area contributed by atoms with Gasteiger partial charge in [0, 0.05) is 23.4 Å². The second kappa shape index (κ2) is 7.38. The number of rotatable bonds is 2. The number of hydrogen-bond donors (Lipinski definition) is 1. The van der Waals surface area contributed by atoms with E-state index in [-0.39, 0.29) is 18.8 Å². The summed E-state index contributed by atoms with van der Waals surface area (Å²) in [5.74, 6) is 0.532. The van der Waals surface area contributed by atoms with Gasteiger partial charge in [0.2, 0.25) is 6.79 Å². The van der Waals surface area contributed by atoms with Crippen LogP contribution in [0.2, 0.25) is 5.02 Å². The smallest absolute Gasteiger partial charge is 0.410 e. The molecule has 1 aromatic carbocycles. The molecule has 0 fully saturated rings. The van der Waals surface area contributed by atoms with E-state index in [1.54, 1.807) is 11.0 Å². The number of nitrogens with one attached hydrogen (secondary N) is 1. The van der Waals surface area contributed by atoms with Crippen molar-refractivity contribution in [1.82, 2.24) is 9.88 Å². The van der Waals surface area contributed by atoms with Gasteiger partial charge in [0.05, 0.1) is 17.3 Å². The number of hydrogen-bond acceptors (Lipinski definition) is 7. The highest BCUT2D eigenvalue weighted by Crippen LogP contribution is 2.40. The lowest BCUT2D eigenvalue weighted by Crippen LogP contribution is -2.39. The van der Waals surface area contributed by atoms with Crippen LogP contribution in [0.3, 0.4) is 0 Å². The van der Waals surface area contributed by atoms with Gasteiger partial charge >= 0.3 is 6.09 Å². The summed E-state index contributed by atoms with van der Waals surface area (Å²) in [6.45, 7) is 6.52. The number of nitrogens with zero attached hydrogens (tertiary/aromatic N) is 2. The molecule has 0 saturated heterocycles. The van der Waals surface area contributed by atoms with Crippen LogP contribution in [0.15, 0.2) is 12.1 Å². The zero-order valence-electron chi connectivity index (χ0n) is 16.2. The molecule has 1 aromatic heterocycles. The maximum Gasteiger partial charge on any atom is 0.410 e. The molecule has 8 nitrogen and oxygen atoms in total. The Morgan fingerprint density at radius 1 is 1.31 bits per heavy atom. The molecule has 154 valence electrons. The first-order valence-electron chi connectivity index (χ1n) is 9.06. The Morgan fingerprint density at radius 2 is 2.10 bits per heavy atom. The largest absolute Gasteiger partial charge is 0.454 e. The quantitative estimate of drug-likeness (QED) is 0.761. The fourth-order valence-electron chi connectivity index (χ4n) is 3.00. The zero-order chi connectivity index (χ0) is 20.8. The minimum absolute atomic E-state index is 0.0769. The summed E-state index contributed by atoms with van der Waals surface area (Å²) < 4.78 is 16.0. The number of anilines is 1. The lowest BCUT2D eigenvalue weighted by Gasteiger charge is -2.29. The van der Waals surface area contributed by atoms with E-state index in [1.807, 2.05) is 20.8 Å². The Labute approximate surface area is 176 Å². The van der Waals surface area contributed by atoms with Crippen molar-refractivity contribution in [3.63, 3.8) is 0 Å². The molecular formula is C19H20ClN3O5S. The third-order valence-electron chi connectivity index (χ3n) is 4.29. The topological polar surface area (TPSA) is 90.0 Å². The van der Waals surface area contributed by atoms with Crippen molar-refractivity contribution >= 4 is 40.1 Å². The van der Waals surface area contributed by atoms with Crippen LogP contribution in [-0.4, -0.2) is 40.8 Å². The van der Waals surface area contributed by atoms with Crippen molar-refractivity contribution in [2.45, 2.75) is 39.3 Å². The molecular weight excluding hydrogens is 418 g/mol. The van der Waals surface area contributed by atoms with Crippen LogP contribution in [0.25, 0.3) is 0 Å². The van der Waals surface area contributed by atoms with Crippen LogP contribution >= 0.6 is 22.9 Å². The summed E-state index contributed by atoms with van der Waals surface area (Å²) in [6.07, 6.45) is 0.258. The average Bonchev–Trinajstić information content (AvgIpc) is 3.25. The Morgan fingerprint density at radius 3 is 2.86 bits per heavy atom. The molecule has 0 radical (unpaired) electrons. The second-order valence-corrected chi connectivity index (χ2v) is 9.18. The SMILES string of the molecule is CC(C)(C)OC(=O)N1CCc2nc(NC(=O)c3cc(Cl)c4c(c3)OCO4)sc2C1. The number of benzene rings is 1. The first-order valence-corrected chi connectivity index (χ1v) is 10.3. The van der Waals surface area contributed by atoms with Gasteiger partial charge < -0.3 is 19.1 Å². The number of amides is 2.